The third kappa shape index (κ3) is 3.69. The monoisotopic (exact) mass is 449 g/mol. The smallest absolute Gasteiger partial charge is 0.289 e. The molecule has 0 saturated heterocycles. The van der Waals surface area contributed by atoms with Crippen LogP contribution in [0.4, 0.5) is 0 Å². The number of carbonyl (C=O) groups is 1. The van der Waals surface area contributed by atoms with Gasteiger partial charge in [0, 0.05) is 39.9 Å². The summed E-state index contributed by atoms with van der Waals surface area (Å²) in [5.41, 5.74) is 2.61. The molecule has 7 nitrogen and oxygen atoms in total. The Kier molecular flexibility index (Phi) is 4.97. The van der Waals surface area contributed by atoms with E-state index in [0.717, 1.165) is 16.5 Å². The van der Waals surface area contributed by atoms with Gasteiger partial charge >= 0.3 is 0 Å². The van der Waals surface area contributed by atoms with Crippen molar-refractivity contribution in [3.8, 4) is 11.6 Å². The van der Waals surface area contributed by atoms with Gasteiger partial charge in [-0.25, -0.2) is 0 Å². The number of fused-ring (bicyclic) bond motifs is 1. The van der Waals surface area contributed by atoms with Crippen LogP contribution in [-0.2, 0) is 6.54 Å². The Morgan fingerprint density at radius 1 is 1.00 bits per heavy atom. The Morgan fingerprint density at radius 3 is 2.68 bits per heavy atom. The number of rotatable bonds is 5. The standard InChI is InChI=1S/C22H13Cl2N5O2/c23-14-8-7-13(17(24)10-14)11-29-12-16(15-4-1-2-6-19(15)29)20(30)22-28-27-21(31-22)18-5-3-9-25-26-18/h1-10,12H,11H2. The lowest BCUT2D eigenvalue weighted by Crippen LogP contribution is -2.02. The van der Waals surface area contributed by atoms with Crippen LogP contribution in [0.3, 0.4) is 0 Å². The molecule has 0 atom stereocenters. The maximum absolute atomic E-state index is 13.2. The molecule has 5 rings (SSSR count). The molecule has 0 radical (unpaired) electrons. The van der Waals surface area contributed by atoms with Crippen LogP contribution in [-0.4, -0.2) is 30.7 Å². The van der Waals surface area contributed by atoms with Gasteiger partial charge in [-0.05, 0) is 35.9 Å². The number of hydrogen-bond donors (Lipinski definition) is 0. The second-order valence-corrected chi connectivity index (χ2v) is 7.62. The molecule has 0 N–H and O–H groups in total. The summed E-state index contributed by atoms with van der Waals surface area (Å²) in [6, 6.07) is 16.3. The minimum atomic E-state index is -0.375. The van der Waals surface area contributed by atoms with Crippen molar-refractivity contribution in [3.05, 3.63) is 94.1 Å². The fraction of sp³-hybridized carbons (Fsp3) is 0.0455. The number of hydrogen-bond acceptors (Lipinski definition) is 6. The van der Waals surface area contributed by atoms with E-state index in [1.807, 2.05) is 34.9 Å². The number of nitrogens with zero attached hydrogens (tertiary/aromatic N) is 5. The van der Waals surface area contributed by atoms with E-state index in [2.05, 4.69) is 20.4 Å². The Hall–Kier alpha value is -3.55. The minimum Gasteiger partial charge on any atom is -0.412 e. The molecule has 9 heteroatoms. The molecule has 0 unspecified atom stereocenters. The molecule has 0 spiro atoms. The van der Waals surface area contributed by atoms with E-state index in [1.165, 1.54) is 6.20 Å². The van der Waals surface area contributed by atoms with E-state index >= 15 is 0 Å². The third-order valence-corrected chi connectivity index (χ3v) is 5.39. The molecule has 5 aromatic rings. The number of ketones is 1. The van der Waals surface area contributed by atoms with E-state index in [0.29, 0.717) is 27.8 Å². The van der Waals surface area contributed by atoms with Gasteiger partial charge in [-0.15, -0.1) is 15.3 Å². The molecule has 0 aliphatic rings. The average molecular weight is 450 g/mol. The Labute approximate surface area is 186 Å². The maximum Gasteiger partial charge on any atom is 0.289 e. The van der Waals surface area contributed by atoms with Gasteiger partial charge in [-0.3, -0.25) is 4.79 Å². The van der Waals surface area contributed by atoms with Crippen LogP contribution in [0.5, 0.6) is 0 Å². The number of benzene rings is 2. The summed E-state index contributed by atoms with van der Waals surface area (Å²) >= 11 is 12.4. The van der Waals surface area contributed by atoms with Gasteiger partial charge in [0.25, 0.3) is 17.6 Å². The first-order valence-corrected chi connectivity index (χ1v) is 10.0. The summed E-state index contributed by atoms with van der Waals surface area (Å²) in [4.78, 5) is 13.2. The number of carbonyl (C=O) groups excluding carboxylic acids is 1. The van der Waals surface area contributed by atoms with Gasteiger partial charge < -0.3 is 8.98 Å². The molecule has 31 heavy (non-hydrogen) atoms. The van der Waals surface area contributed by atoms with Crippen LogP contribution < -0.4 is 0 Å². The lowest BCUT2D eigenvalue weighted by Gasteiger charge is -2.08. The molecule has 0 amide bonds. The summed E-state index contributed by atoms with van der Waals surface area (Å²) in [7, 11) is 0. The molecule has 0 aliphatic carbocycles. The minimum absolute atomic E-state index is 0.118. The molecule has 0 bridgehead atoms. The van der Waals surface area contributed by atoms with Crippen molar-refractivity contribution < 1.29 is 9.21 Å². The molecule has 0 saturated carbocycles. The van der Waals surface area contributed by atoms with Crippen molar-refractivity contribution in [2.24, 2.45) is 0 Å². The van der Waals surface area contributed by atoms with Gasteiger partial charge in [-0.2, -0.15) is 5.10 Å². The summed E-state index contributed by atoms with van der Waals surface area (Å²) in [6.07, 6.45) is 3.30. The van der Waals surface area contributed by atoms with Crippen LogP contribution in [0.2, 0.25) is 10.0 Å². The molecular formula is C22H13Cl2N5O2. The first-order valence-electron chi connectivity index (χ1n) is 9.28. The fourth-order valence-corrected chi connectivity index (χ4v) is 3.81. The topological polar surface area (TPSA) is 86.7 Å². The molecular weight excluding hydrogens is 437 g/mol. The summed E-state index contributed by atoms with van der Waals surface area (Å²) < 4.78 is 7.53. The zero-order valence-corrected chi connectivity index (χ0v) is 17.4. The van der Waals surface area contributed by atoms with E-state index in [4.69, 9.17) is 27.6 Å². The molecule has 3 aromatic heterocycles. The normalized spacial score (nSPS) is 11.2. The van der Waals surface area contributed by atoms with Crippen LogP contribution in [0.15, 0.2) is 71.4 Å². The van der Waals surface area contributed by atoms with Crippen molar-refractivity contribution in [1.82, 2.24) is 25.0 Å². The Bertz CT molecular complexity index is 1410. The molecule has 0 fully saturated rings. The van der Waals surface area contributed by atoms with Crippen LogP contribution in [0, 0.1) is 0 Å². The Morgan fingerprint density at radius 2 is 1.87 bits per heavy atom. The first kappa shape index (κ1) is 19.4. The van der Waals surface area contributed by atoms with Crippen molar-refractivity contribution in [3.63, 3.8) is 0 Å². The van der Waals surface area contributed by atoms with Crippen LogP contribution in [0.25, 0.3) is 22.5 Å². The van der Waals surface area contributed by atoms with E-state index in [-0.39, 0.29) is 17.6 Å². The summed E-state index contributed by atoms with van der Waals surface area (Å²) in [6.45, 7) is 0.471. The van der Waals surface area contributed by atoms with Crippen molar-refractivity contribution in [2.75, 3.05) is 0 Å². The van der Waals surface area contributed by atoms with Crippen LogP contribution in [0.1, 0.15) is 21.8 Å². The lowest BCUT2D eigenvalue weighted by molar-refractivity contribution is 0.100. The fourth-order valence-electron chi connectivity index (χ4n) is 3.34. The second kappa shape index (κ2) is 7.94. The molecule has 3 heterocycles. The largest absolute Gasteiger partial charge is 0.412 e. The maximum atomic E-state index is 13.2. The second-order valence-electron chi connectivity index (χ2n) is 6.77. The average Bonchev–Trinajstić information content (AvgIpc) is 3.42. The number of halogens is 2. The van der Waals surface area contributed by atoms with Gasteiger partial charge in [-0.1, -0.05) is 47.5 Å². The van der Waals surface area contributed by atoms with Gasteiger partial charge in [0.15, 0.2) is 0 Å². The van der Waals surface area contributed by atoms with E-state index < -0.39 is 0 Å². The highest BCUT2D eigenvalue weighted by Crippen LogP contribution is 2.28. The highest BCUT2D eigenvalue weighted by atomic mass is 35.5. The molecule has 152 valence electrons. The highest BCUT2D eigenvalue weighted by molar-refractivity contribution is 6.35. The predicted octanol–water partition coefficient (Wildman–Crippen LogP) is 5.07. The Balaban J connectivity index is 1.53. The molecule has 2 aromatic carbocycles. The SMILES string of the molecule is O=C(c1nnc(-c2cccnn2)o1)c1cn(Cc2ccc(Cl)cc2Cl)c2ccccc12. The number of para-hydroxylation sites is 1. The van der Waals surface area contributed by atoms with Crippen molar-refractivity contribution in [2.45, 2.75) is 6.54 Å². The van der Waals surface area contributed by atoms with E-state index in [1.54, 1.807) is 30.5 Å². The summed E-state index contributed by atoms with van der Waals surface area (Å²) in [5.74, 6) is -0.360. The molecule has 0 aliphatic heterocycles. The van der Waals surface area contributed by atoms with Gasteiger partial charge in [0.2, 0.25) is 0 Å². The quantitative estimate of drug-likeness (QED) is 0.348. The summed E-state index contributed by atoms with van der Waals surface area (Å²) in [5, 5.41) is 17.5. The van der Waals surface area contributed by atoms with Gasteiger partial charge in [0.05, 0.1) is 5.56 Å². The predicted molar refractivity (Wildman–Crippen MR) is 116 cm³/mol. The third-order valence-electron chi connectivity index (χ3n) is 4.80. The van der Waals surface area contributed by atoms with Gasteiger partial charge in [0.1, 0.15) is 5.69 Å². The lowest BCUT2D eigenvalue weighted by atomic mass is 10.1. The van der Waals surface area contributed by atoms with E-state index in [9.17, 15) is 4.79 Å². The number of aromatic nitrogens is 5. The zero-order valence-electron chi connectivity index (χ0n) is 15.9. The first-order chi connectivity index (χ1) is 15.1. The van der Waals surface area contributed by atoms with Crippen molar-refractivity contribution in [1.29, 1.82) is 0 Å². The zero-order chi connectivity index (χ0) is 21.4. The highest BCUT2D eigenvalue weighted by Gasteiger charge is 2.23. The van der Waals surface area contributed by atoms with Crippen LogP contribution >= 0.6 is 23.2 Å². The van der Waals surface area contributed by atoms with Crippen molar-refractivity contribution >= 4 is 39.9 Å².